The Morgan fingerprint density at radius 1 is 0.976 bits per heavy atom. The first-order valence-corrected chi connectivity index (χ1v) is 15.5. The van der Waals surface area contributed by atoms with Crippen LogP contribution in [0.5, 0.6) is 0 Å². The van der Waals surface area contributed by atoms with Crippen molar-refractivity contribution >= 4 is 50.7 Å². The molecule has 4 rings (SSSR count). The molecule has 0 radical (unpaired) electrons. The number of rotatable bonds is 10. The number of halogens is 3. The van der Waals surface area contributed by atoms with Gasteiger partial charge in [-0.1, -0.05) is 65.9 Å². The molecule has 41 heavy (non-hydrogen) atoms. The van der Waals surface area contributed by atoms with Gasteiger partial charge in [0, 0.05) is 22.6 Å². The van der Waals surface area contributed by atoms with Crippen LogP contribution in [0.2, 0.25) is 10.0 Å². The van der Waals surface area contributed by atoms with Crippen molar-refractivity contribution in [2.24, 2.45) is 0 Å². The Kier molecular flexibility index (Phi) is 9.94. The van der Waals surface area contributed by atoms with Crippen molar-refractivity contribution in [2.75, 3.05) is 10.8 Å². The van der Waals surface area contributed by atoms with E-state index in [0.29, 0.717) is 5.56 Å². The number of carbonyl (C=O) groups excluding carboxylic acids is 2. The third-order valence-corrected chi connectivity index (χ3v) is 9.38. The van der Waals surface area contributed by atoms with Gasteiger partial charge in [0.2, 0.25) is 11.8 Å². The molecule has 1 fully saturated rings. The normalized spacial score (nSPS) is 14.5. The van der Waals surface area contributed by atoms with Crippen LogP contribution in [-0.4, -0.2) is 43.8 Å². The molecule has 218 valence electrons. The number of carbonyl (C=O) groups is 2. The predicted octanol–water partition coefficient (Wildman–Crippen LogP) is 6.11. The minimum Gasteiger partial charge on any atom is -0.352 e. The van der Waals surface area contributed by atoms with E-state index in [1.54, 1.807) is 19.1 Å². The van der Waals surface area contributed by atoms with E-state index in [0.717, 1.165) is 35.6 Å². The van der Waals surface area contributed by atoms with Crippen LogP contribution in [0.4, 0.5) is 10.1 Å². The quantitative estimate of drug-likeness (QED) is 0.296. The van der Waals surface area contributed by atoms with E-state index in [1.807, 2.05) is 6.92 Å². The molecule has 1 N–H and O–H groups in total. The largest absolute Gasteiger partial charge is 0.352 e. The smallest absolute Gasteiger partial charge is 0.264 e. The summed E-state index contributed by atoms with van der Waals surface area (Å²) in [6.45, 7) is 2.77. The highest BCUT2D eigenvalue weighted by molar-refractivity contribution is 7.92. The third-order valence-electron chi connectivity index (χ3n) is 7.16. The van der Waals surface area contributed by atoms with E-state index < -0.39 is 34.3 Å². The highest BCUT2D eigenvalue weighted by Gasteiger charge is 2.33. The van der Waals surface area contributed by atoms with Crippen molar-refractivity contribution in [3.63, 3.8) is 0 Å². The first-order chi connectivity index (χ1) is 19.4. The first-order valence-electron chi connectivity index (χ1n) is 13.3. The van der Waals surface area contributed by atoms with Gasteiger partial charge in [-0.05, 0) is 74.7 Å². The summed E-state index contributed by atoms with van der Waals surface area (Å²) >= 11 is 12.4. The number of benzene rings is 3. The molecule has 0 aliphatic heterocycles. The lowest BCUT2D eigenvalue weighted by molar-refractivity contribution is -0.139. The van der Waals surface area contributed by atoms with Crippen LogP contribution in [0, 0.1) is 12.7 Å². The molecule has 1 atom stereocenters. The fraction of sp³-hybridized carbons (Fsp3) is 0.333. The van der Waals surface area contributed by atoms with Crippen molar-refractivity contribution < 1.29 is 22.4 Å². The molecule has 1 aliphatic carbocycles. The standard InChI is InChI=1S/C30H32Cl2FN3O4S/c1-20-7-13-28(14-8-20)41(39,40)36(27-16-23(31)15-24(32)17-27)19-29(37)35(18-22-9-11-25(33)12-10-22)21(2)30(38)34-26-5-3-4-6-26/h7-17,21,26H,3-6,18-19H2,1-2H3,(H,34,38)/t21-/m1/s1. The zero-order valence-corrected chi connectivity index (χ0v) is 25.1. The molecule has 0 aromatic heterocycles. The summed E-state index contributed by atoms with van der Waals surface area (Å²) in [6.07, 6.45) is 3.77. The minimum absolute atomic E-state index is 0.0240. The van der Waals surface area contributed by atoms with E-state index in [1.165, 1.54) is 59.5 Å². The summed E-state index contributed by atoms with van der Waals surface area (Å²) in [7, 11) is -4.26. The van der Waals surface area contributed by atoms with Crippen LogP contribution in [0.3, 0.4) is 0 Å². The second kappa shape index (κ2) is 13.2. The Balaban J connectivity index is 1.70. The summed E-state index contributed by atoms with van der Waals surface area (Å²) in [5.74, 6) is -1.41. The number of nitrogens with zero attached hydrogens (tertiary/aromatic N) is 2. The highest BCUT2D eigenvalue weighted by Crippen LogP contribution is 2.30. The van der Waals surface area contributed by atoms with Crippen molar-refractivity contribution in [2.45, 2.75) is 63.1 Å². The fourth-order valence-corrected chi connectivity index (χ4v) is 6.72. The molecule has 0 bridgehead atoms. The van der Waals surface area contributed by atoms with Gasteiger partial charge >= 0.3 is 0 Å². The Hall–Kier alpha value is -3.14. The molecule has 1 saturated carbocycles. The van der Waals surface area contributed by atoms with Gasteiger partial charge < -0.3 is 10.2 Å². The summed E-state index contributed by atoms with van der Waals surface area (Å²) in [5.41, 5.74) is 1.55. The molecule has 1 aliphatic rings. The molecule has 0 heterocycles. The predicted molar refractivity (Wildman–Crippen MR) is 159 cm³/mol. The summed E-state index contributed by atoms with van der Waals surface area (Å²) in [5, 5.41) is 3.39. The van der Waals surface area contributed by atoms with Gasteiger partial charge in [0.25, 0.3) is 10.0 Å². The van der Waals surface area contributed by atoms with E-state index in [9.17, 15) is 22.4 Å². The molecule has 3 aromatic carbocycles. The molecular formula is C30H32Cl2FN3O4S. The lowest BCUT2D eigenvalue weighted by Gasteiger charge is -2.32. The van der Waals surface area contributed by atoms with Crippen molar-refractivity contribution in [3.05, 3.63) is 93.7 Å². The SMILES string of the molecule is Cc1ccc(S(=O)(=O)N(CC(=O)N(Cc2ccc(F)cc2)[C@H](C)C(=O)NC2CCCC2)c2cc(Cl)cc(Cl)c2)cc1. The van der Waals surface area contributed by atoms with Gasteiger partial charge in [0.15, 0.2) is 0 Å². The lowest BCUT2D eigenvalue weighted by Crippen LogP contribution is -2.52. The molecule has 11 heteroatoms. The van der Waals surface area contributed by atoms with E-state index in [2.05, 4.69) is 5.32 Å². The average Bonchev–Trinajstić information content (AvgIpc) is 3.43. The maximum atomic E-state index is 14.0. The highest BCUT2D eigenvalue weighted by atomic mass is 35.5. The molecule has 0 spiro atoms. The Labute approximate surface area is 250 Å². The summed E-state index contributed by atoms with van der Waals surface area (Å²) in [4.78, 5) is 28.5. The second-order valence-electron chi connectivity index (χ2n) is 10.3. The van der Waals surface area contributed by atoms with Gasteiger partial charge in [-0.2, -0.15) is 0 Å². The molecule has 3 aromatic rings. The number of aryl methyl sites for hydroxylation is 1. The van der Waals surface area contributed by atoms with Crippen molar-refractivity contribution in [3.8, 4) is 0 Å². The number of anilines is 1. The Morgan fingerprint density at radius 2 is 1.56 bits per heavy atom. The van der Waals surface area contributed by atoms with Crippen LogP contribution in [0.15, 0.2) is 71.6 Å². The number of hydrogen-bond acceptors (Lipinski definition) is 4. The van der Waals surface area contributed by atoms with Crippen LogP contribution >= 0.6 is 23.2 Å². The van der Waals surface area contributed by atoms with Gasteiger partial charge in [-0.15, -0.1) is 0 Å². The fourth-order valence-electron chi connectivity index (χ4n) is 4.81. The van der Waals surface area contributed by atoms with Gasteiger partial charge in [0.1, 0.15) is 18.4 Å². The van der Waals surface area contributed by atoms with E-state index >= 15 is 0 Å². The van der Waals surface area contributed by atoms with Gasteiger partial charge in [0.05, 0.1) is 10.6 Å². The maximum absolute atomic E-state index is 14.0. The topological polar surface area (TPSA) is 86.8 Å². The van der Waals surface area contributed by atoms with Crippen molar-refractivity contribution in [1.29, 1.82) is 0 Å². The van der Waals surface area contributed by atoms with E-state index in [-0.39, 0.29) is 39.1 Å². The third kappa shape index (κ3) is 7.78. The molecule has 0 saturated heterocycles. The maximum Gasteiger partial charge on any atom is 0.264 e. The Morgan fingerprint density at radius 3 is 2.15 bits per heavy atom. The van der Waals surface area contributed by atoms with Gasteiger partial charge in [-0.25, -0.2) is 12.8 Å². The number of sulfonamides is 1. The van der Waals surface area contributed by atoms with Crippen LogP contribution in [0.25, 0.3) is 0 Å². The first kappa shape index (κ1) is 30.8. The zero-order chi connectivity index (χ0) is 29.7. The molecule has 0 unspecified atom stereocenters. The number of hydrogen-bond donors (Lipinski definition) is 1. The molecule has 2 amide bonds. The van der Waals surface area contributed by atoms with Crippen molar-refractivity contribution in [1.82, 2.24) is 10.2 Å². The molecular weight excluding hydrogens is 588 g/mol. The monoisotopic (exact) mass is 619 g/mol. The minimum atomic E-state index is -4.26. The number of nitrogens with one attached hydrogen (secondary N) is 1. The molecule has 7 nitrogen and oxygen atoms in total. The second-order valence-corrected chi connectivity index (χ2v) is 13.0. The number of amides is 2. The lowest BCUT2D eigenvalue weighted by atomic mass is 10.1. The van der Waals surface area contributed by atoms with Crippen LogP contribution in [0.1, 0.15) is 43.7 Å². The van der Waals surface area contributed by atoms with Crippen LogP contribution in [-0.2, 0) is 26.2 Å². The van der Waals surface area contributed by atoms with Gasteiger partial charge in [-0.3, -0.25) is 13.9 Å². The summed E-state index contributed by atoms with van der Waals surface area (Å²) in [6, 6.07) is 15.2. The summed E-state index contributed by atoms with van der Waals surface area (Å²) < 4.78 is 42.3. The Bertz CT molecular complexity index is 1470. The zero-order valence-electron chi connectivity index (χ0n) is 22.8. The average molecular weight is 621 g/mol. The van der Waals surface area contributed by atoms with E-state index in [4.69, 9.17) is 23.2 Å². The van der Waals surface area contributed by atoms with Crippen LogP contribution < -0.4 is 9.62 Å².